The molecule has 1 saturated carbocycles. The third-order valence-corrected chi connectivity index (χ3v) is 6.23. The van der Waals surface area contributed by atoms with E-state index in [1.807, 2.05) is 6.92 Å². The molecule has 0 spiro atoms. The topological polar surface area (TPSA) is 63.4 Å². The summed E-state index contributed by atoms with van der Waals surface area (Å²) in [6.07, 6.45) is 2.04. The van der Waals surface area contributed by atoms with Crippen LogP contribution in [0, 0.1) is 11.7 Å². The number of rotatable bonds is 4. The lowest BCUT2D eigenvalue weighted by atomic mass is 10.2. The normalized spacial score (nSPS) is 17.7. The van der Waals surface area contributed by atoms with Crippen LogP contribution in [0.25, 0.3) is 0 Å². The third kappa shape index (κ3) is 2.78. The van der Waals surface area contributed by atoms with Crippen LogP contribution in [0.1, 0.15) is 19.8 Å². The van der Waals surface area contributed by atoms with Gasteiger partial charge in [-0.05, 0) is 53.7 Å². The minimum Gasteiger partial charge on any atom is -0.398 e. The number of nitrogen functional groups attached to an aromatic ring is 1. The Balaban J connectivity index is 2.41. The molecule has 0 heterocycles. The first-order valence-electron chi connectivity index (χ1n) is 5.97. The quantitative estimate of drug-likeness (QED) is 0.848. The predicted molar refractivity (Wildman–Crippen MR) is 75.6 cm³/mol. The number of anilines is 1. The highest BCUT2D eigenvalue weighted by molar-refractivity contribution is 9.10. The van der Waals surface area contributed by atoms with Crippen LogP contribution in [0.4, 0.5) is 10.1 Å². The van der Waals surface area contributed by atoms with Crippen LogP contribution in [0.2, 0.25) is 0 Å². The maximum atomic E-state index is 13.9. The molecule has 1 aromatic rings. The smallest absolute Gasteiger partial charge is 0.246 e. The molecular weight excluding hydrogens is 335 g/mol. The molecule has 0 bridgehead atoms. The van der Waals surface area contributed by atoms with Gasteiger partial charge in [-0.25, -0.2) is 12.8 Å². The number of nitrogens with two attached hydrogens (primary N) is 1. The van der Waals surface area contributed by atoms with Gasteiger partial charge in [-0.1, -0.05) is 0 Å². The predicted octanol–water partition coefficient (Wildman–Crippen LogP) is 2.59. The van der Waals surface area contributed by atoms with Crippen molar-refractivity contribution >= 4 is 31.6 Å². The molecule has 4 nitrogen and oxygen atoms in total. The van der Waals surface area contributed by atoms with E-state index in [0.29, 0.717) is 10.4 Å². The Bertz CT molecular complexity index is 602. The van der Waals surface area contributed by atoms with Gasteiger partial charge in [0.2, 0.25) is 10.0 Å². The minimum absolute atomic E-state index is 0.130. The second kappa shape index (κ2) is 5.03. The monoisotopic (exact) mass is 350 g/mol. The van der Waals surface area contributed by atoms with Crippen molar-refractivity contribution in [2.75, 3.05) is 12.8 Å². The van der Waals surface area contributed by atoms with Crippen LogP contribution in [0.5, 0.6) is 0 Å². The molecule has 0 saturated heterocycles. The van der Waals surface area contributed by atoms with E-state index in [4.69, 9.17) is 5.73 Å². The zero-order chi connectivity index (χ0) is 14.4. The highest BCUT2D eigenvalue weighted by atomic mass is 79.9. The molecule has 19 heavy (non-hydrogen) atoms. The summed E-state index contributed by atoms with van der Waals surface area (Å²) in [5.74, 6) is -0.424. The van der Waals surface area contributed by atoms with Crippen molar-refractivity contribution in [3.8, 4) is 0 Å². The van der Waals surface area contributed by atoms with Crippen molar-refractivity contribution in [3.05, 3.63) is 22.4 Å². The van der Waals surface area contributed by atoms with E-state index in [1.54, 1.807) is 0 Å². The third-order valence-electron chi connectivity index (χ3n) is 3.59. The van der Waals surface area contributed by atoms with Crippen LogP contribution >= 0.6 is 15.9 Å². The molecule has 0 radical (unpaired) electrons. The maximum absolute atomic E-state index is 13.9. The average Bonchev–Trinajstić information content (AvgIpc) is 3.15. The van der Waals surface area contributed by atoms with Gasteiger partial charge in [0.05, 0.1) is 0 Å². The molecule has 2 rings (SSSR count). The molecule has 2 N–H and O–H groups in total. The number of hydrogen-bond donors (Lipinski definition) is 1. The average molecular weight is 351 g/mol. The summed E-state index contributed by atoms with van der Waals surface area (Å²) in [5, 5.41) is 0. The Morgan fingerprint density at radius 3 is 2.58 bits per heavy atom. The lowest BCUT2D eigenvalue weighted by Crippen LogP contribution is -2.36. The lowest BCUT2D eigenvalue weighted by molar-refractivity contribution is 0.355. The summed E-state index contributed by atoms with van der Waals surface area (Å²) >= 11 is 3.07. The van der Waals surface area contributed by atoms with Crippen LogP contribution in [-0.4, -0.2) is 25.8 Å². The SMILES string of the molecule is CC(C1CC1)N(C)S(=O)(=O)c1cc(N)c(Br)cc1F. The number of nitrogens with zero attached hydrogens (tertiary/aromatic N) is 1. The van der Waals surface area contributed by atoms with Gasteiger partial charge in [0, 0.05) is 23.2 Å². The molecule has 0 aliphatic heterocycles. The van der Waals surface area contributed by atoms with Crippen molar-refractivity contribution in [1.82, 2.24) is 4.31 Å². The highest BCUT2D eigenvalue weighted by Gasteiger charge is 2.37. The summed E-state index contributed by atoms with van der Waals surface area (Å²) in [7, 11) is -2.37. The van der Waals surface area contributed by atoms with Gasteiger partial charge in [-0.3, -0.25) is 0 Å². The van der Waals surface area contributed by atoms with E-state index in [2.05, 4.69) is 15.9 Å². The zero-order valence-electron chi connectivity index (χ0n) is 10.7. The van der Waals surface area contributed by atoms with Crippen LogP contribution in [0.3, 0.4) is 0 Å². The van der Waals surface area contributed by atoms with Gasteiger partial charge in [0.15, 0.2) is 0 Å². The minimum atomic E-state index is -3.86. The Morgan fingerprint density at radius 2 is 2.05 bits per heavy atom. The standard InChI is InChI=1S/C12H16BrFN2O2S/c1-7(8-3-4-8)16(2)19(17,18)12-6-11(15)9(13)5-10(12)14/h5-8H,3-4,15H2,1-2H3. The Morgan fingerprint density at radius 1 is 1.47 bits per heavy atom. The molecule has 1 aliphatic carbocycles. The van der Waals surface area contributed by atoms with Crippen LogP contribution in [-0.2, 0) is 10.0 Å². The fraction of sp³-hybridized carbons (Fsp3) is 0.500. The van der Waals surface area contributed by atoms with Crippen LogP contribution in [0.15, 0.2) is 21.5 Å². The first-order valence-corrected chi connectivity index (χ1v) is 8.21. The molecule has 1 aromatic carbocycles. The van der Waals surface area contributed by atoms with Crippen molar-refractivity contribution in [2.45, 2.75) is 30.7 Å². The van der Waals surface area contributed by atoms with E-state index in [1.165, 1.54) is 11.4 Å². The zero-order valence-corrected chi connectivity index (χ0v) is 13.1. The molecule has 7 heteroatoms. The van der Waals surface area contributed by atoms with Crippen molar-refractivity contribution in [3.63, 3.8) is 0 Å². The molecule has 1 fully saturated rings. The molecule has 106 valence electrons. The van der Waals surface area contributed by atoms with E-state index in [0.717, 1.165) is 25.0 Å². The molecule has 1 aliphatic rings. The number of benzene rings is 1. The highest BCUT2D eigenvalue weighted by Crippen LogP contribution is 2.37. The lowest BCUT2D eigenvalue weighted by Gasteiger charge is -2.24. The molecule has 1 atom stereocenters. The van der Waals surface area contributed by atoms with Crippen molar-refractivity contribution < 1.29 is 12.8 Å². The van der Waals surface area contributed by atoms with Crippen molar-refractivity contribution in [2.24, 2.45) is 5.92 Å². The fourth-order valence-corrected chi connectivity index (χ4v) is 3.81. The summed E-state index contributed by atoms with van der Waals surface area (Å²) in [6, 6.07) is 2.11. The Hall–Kier alpha value is -0.660. The van der Waals surface area contributed by atoms with E-state index in [-0.39, 0.29) is 16.6 Å². The van der Waals surface area contributed by atoms with Gasteiger partial charge >= 0.3 is 0 Å². The summed E-state index contributed by atoms with van der Waals surface area (Å²) in [6.45, 7) is 1.84. The van der Waals surface area contributed by atoms with Gasteiger partial charge in [0.1, 0.15) is 10.7 Å². The van der Waals surface area contributed by atoms with E-state index >= 15 is 0 Å². The summed E-state index contributed by atoms with van der Waals surface area (Å²) in [4.78, 5) is -0.372. The second-order valence-electron chi connectivity index (χ2n) is 4.90. The fourth-order valence-electron chi connectivity index (χ4n) is 1.99. The number of hydrogen-bond acceptors (Lipinski definition) is 3. The second-order valence-corrected chi connectivity index (χ2v) is 7.72. The molecule has 0 amide bonds. The number of sulfonamides is 1. The van der Waals surface area contributed by atoms with Crippen molar-refractivity contribution in [1.29, 1.82) is 0 Å². The maximum Gasteiger partial charge on any atom is 0.246 e. The van der Waals surface area contributed by atoms with E-state index in [9.17, 15) is 12.8 Å². The van der Waals surface area contributed by atoms with Gasteiger partial charge < -0.3 is 5.73 Å². The molecule has 0 aromatic heterocycles. The number of halogens is 2. The van der Waals surface area contributed by atoms with Crippen LogP contribution < -0.4 is 5.73 Å². The van der Waals surface area contributed by atoms with Gasteiger partial charge in [-0.15, -0.1) is 0 Å². The first-order chi connectivity index (χ1) is 8.75. The molecular formula is C12H16BrFN2O2S. The summed E-state index contributed by atoms with van der Waals surface area (Å²) in [5.41, 5.74) is 5.84. The first kappa shape index (κ1) is 14.7. The largest absolute Gasteiger partial charge is 0.398 e. The van der Waals surface area contributed by atoms with Gasteiger partial charge in [0.25, 0.3) is 0 Å². The molecule has 1 unspecified atom stereocenters. The Kier molecular flexibility index (Phi) is 3.90. The Labute approximate surface area is 121 Å². The van der Waals surface area contributed by atoms with Gasteiger partial charge in [-0.2, -0.15) is 4.31 Å². The summed E-state index contributed by atoms with van der Waals surface area (Å²) < 4.78 is 40.3. The van der Waals surface area contributed by atoms with E-state index < -0.39 is 15.8 Å².